The number of carbonyl (C=O) groups excluding carboxylic acids is 1. The van der Waals surface area contributed by atoms with Crippen LogP contribution in [0, 0.1) is 0 Å². The summed E-state index contributed by atoms with van der Waals surface area (Å²) in [5, 5.41) is 3.02. The SMILES string of the molecule is COc1ccc(S(=O)(=O)N(CC(=O)NC2CCCC2)C2CCCCC2)cc1OC. The summed E-state index contributed by atoms with van der Waals surface area (Å²) in [7, 11) is -0.868. The lowest BCUT2D eigenvalue weighted by Crippen LogP contribution is -2.48. The Hall–Kier alpha value is -1.80. The summed E-state index contributed by atoms with van der Waals surface area (Å²) >= 11 is 0. The molecule has 2 aliphatic rings. The summed E-state index contributed by atoms with van der Waals surface area (Å²) in [4.78, 5) is 12.8. The van der Waals surface area contributed by atoms with Crippen LogP contribution in [0.5, 0.6) is 11.5 Å². The second kappa shape index (κ2) is 9.80. The molecule has 1 aromatic rings. The molecule has 0 bridgehead atoms. The largest absolute Gasteiger partial charge is 0.493 e. The van der Waals surface area contributed by atoms with Gasteiger partial charge >= 0.3 is 0 Å². The molecule has 0 atom stereocenters. The van der Waals surface area contributed by atoms with Crippen molar-refractivity contribution >= 4 is 15.9 Å². The van der Waals surface area contributed by atoms with E-state index in [0.29, 0.717) is 11.5 Å². The predicted octanol–water partition coefficient (Wildman–Crippen LogP) is 3.09. The molecule has 8 heteroatoms. The minimum Gasteiger partial charge on any atom is -0.493 e. The lowest BCUT2D eigenvalue weighted by atomic mass is 9.95. The average Bonchev–Trinajstić information content (AvgIpc) is 3.24. The van der Waals surface area contributed by atoms with Crippen molar-refractivity contribution in [3.05, 3.63) is 18.2 Å². The van der Waals surface area contributed by atoms with E-state index in [0.717, 1.165) is 57.8 Å². The van der Waals surface area contributed by atoms with Crippen molar-refractivity contribution < 1.29 is 22.7 Å². The fourth-order valence-corrected chi connectivity index (χ4v) is 6.03. The van der Waals surface area contributed by atoms with Crippen molar-refractivity contribution in [1.82, 2.24) is 9.62 Å². The molecular formula is C21H32N2O5S. The first-order valence-electron chi connectivity index (χ1n) is 10.5. The van der Waals surface area contributed by atoms with Gasteiger partial charge in [0.25, 0.3) is 0 Å². The molecule has 1 aromatic carbocycles. The summed E-state index contributed by atoms with van der Waals surface area (Å²) < 4.78 is 38.9. The van der Waals surface area contributed by atoms with Crippen molar-refractivity contribution in [1.29, 1.82) is 0 Å². The van der Waals surface area contributed by atoms with Crippen LogP contribution in [0.1, 0.15) is 57.8 Å². The van der Waals surface area contributed by atoms with Gasteiger partial charge in [-0.1, -0.05) is 32.1 Å². The Balaban J connectivity index is 1.86. The maximum Gasteiger partial charge on any atom is 0.243 e. The summed E-state index contributed by atoms with van der Waals surface area (Å²) in [6.45, 7) is -0.141. The molecule has 0 heterocycles. The van der Waals surface area contributed by atoms with Gasteiger partial charge in [0.1, 0.15) is 0 Å². The smallest absolute Gasteiger partial charge is 0.243 e. The van der Waals surface area contributed by atoms with E-state index < -0.39 is 10.0 Å². The van der Waals surface area contributed by atoms with Crippen LogP contribution in [-0.2, 0) is 14.8 Å². The number of amides is 1. The highest BCUT2D eigenvalue weighted by molar-refractivity contribution is 7.89. The normalized spacial score (nSPS) is 18.7. The Kier molecular flexibility index (Phi) is 7.40. The van der Waals surface area contributed by atoms with E-state index >= 15 is 0 Å². The van der Waals surface area contributed by atoms with E-state index in [1.807, 2.05) is 0 Å². The number of sulfonamides is 1. The topological polar surface area (TPSA) is 84.9 Å². The zero-order chi connectivity index (χ0) is 20.9. The van der Waals surface area contributed by atoms with Gasteiger partial charge in [0, 0.05) is 18.2 Å². The van der Waals surface area contributed by atoms with Gasteiger partial charge in [0.2, 0.25) is 15.9 Å². The quantitative estimate of drug-likeness (QED) is 0.693. The molecule has 0 aliphatic heterocycles. The summed E-state index contributed by atoms with van der Waals surface area (Å²) in [5.41, 5.74) is 0. The molecule has 162 valence electrons. The molecule has 1 N–H and O–H groups in total. The molecule has 0 unspecified atom stereocenters. The molecule has 0 spiro atoms. The Morgan fingerprint density at radius 1 is 1.00 bits per heavy atom. The standard InChI is InChI=1S/C21H32N2O5S/c1-27-19-13-12-18(14-20(19)28-2)29(25,26)23(17-10-4-3-5-11-17)15-21(24)22-16-8-6-7-9-16/h12-14,16-17H,3-11,15H2,1-2H3,(H,22,24). The molecule has 0 radical (unpaired) electrons. The van der Waals surface area contributed by atoms with Crippen LogP contribution in [0.15, 0.2) is 23.1 Å². The number of carbonyl (C=O) groups is 1. The summed E-state index contributed by atoms with van der Waals surface area (Å²) in [6.07, 6.45) is 8.79. The highest BCUT2D eigenvalue weighted by Crippen LogP contribution is 2.33. The summed E-state index contributed by atoms with van der Waals surface area (Å²) in [5.74, 6) is 0.605. The predicted molar refractivity (Wildman–Crippen MR) is 111 cm³/mol. The van der Waals surface area contributed by atoms with Crippen LogP contribution >= 0.6 is 0 Å². The van der Waals surface area contributed by atoms with Gasteiger partial charge < -0.3 is 14.8 Å². The molecule has 3 rings (SSSR count). The van der Waals surface area contributed by atoms with Crippen LogP contribution in [0.25, 0.3) is 0 Å². The fourth-order valence-electron chi connectivity index (χ4n) is 4.38. The lowest BCUT2D eigenvalue weighted by molar-refractivity contribution is -0.122. The maximum absolute atomic E-state index is 13.5. The van der Waals surface area contributed by atoms with Crippen LogP contribution in [0.3, 0.4) is 0 Å². The van der Waals surface area contributed by atoms with Crippen molar-refractivity contribution in [2.45, 2.75) is 74.8 Å². The molecule has 7 nitrogen and oxygen atoms in total. The highest BCUT2D eigenvalue weighted by Gasteiger charge is 2.35. The zero-order valence-electron chi connectivity index (χ0n) is 17.4. The summed E-state index contributed by atoms with van der Waals surface area (Å²) in [6, 6.07) is 4.58. The minimum absolute atomic E-state index is 0.120. The number of methoxy groups -OCH3 is 2. The van der Waals surface area contributed by atoms with Crippen LogP contribution in [-0.4, -0.2) is 51.5 Å². The van der Waals surface area contributed by atoms with Crippen molar-refractivity contribution in [2.24, 2.45) is 0 Å². The Labute approximate surface area is 173 Å². The van der Waals surface area contributed by atoms with Crippen molar-refractivity contribution in [3.8, 4) is 11.5 Å². The van der Waals surface area contributed by atoms with E-state index in [9.17, 15) is 13.2 Å². The number of ether oxygens (including phenoxy) is 2. The Morgan fingerprint density at radius 2 is 1.62 bits per heavy atom. The first kappa shape index (κ1) is 21.9. The van der Waals surface area contributed by atoms with Gasteiger partial charge in [-0.05, 0) is 37.8 Å². The van der Waals surface area contributed by atoms with Crippen LogP contribution < -0.4 is 14.8 Å². The van der Waals surface area contributed by atoms with Crippen molar-refractivity contribution in [3.63, 3.8) is 0 Å². The Morgan fingerprint density at radius 3 is 2.24 bits per heavy atom. The van der Waals surface area contributed by atoms with E-state index in [-0.39, 0.29) is 29.4 Å². The van der Waals surface area contributed by atoms with Gasteiger partial charge in [0.15, 0.2) is 11.5 Å². The van der Waals surface area contributed by atoms with Crippen LogP contribution in [0.4, 0.5) is 0 Å². The highest BCUT2D eigenvalue weighted by atomic mass is 32.2. The van der Waals surface area contributed by atoms with Crippen molar-refractivity contribution in [2.75, 3.05) is 20.8 Å². The lowest BCUT2D eigenvalue weighted by Gasteiger charge is -2.33. The molecule has 1 amide bonds. The average molecular weight is 425 g/mol. The monoisotopic (exact) mass is 424 g/mol. The third-order valence-electron chi connectivity index (χ3n) is 5.96. The molecule has 0 aromatic heterocycles. The van der Waals surface area contributed by atoms with Crippen LogP contribution in [0.2, 0.25) is 0 Å². The number of hydrogen-bond donors (Lipinski definition) is 1. The maximum atomic E-state index is 13.5. The molecule has 29 heavy (non-hydrogen) atoms. The fraction of sp³-hybridized carbons (Fsp3) is 0.667. The number of nitrogens with one attached hydrogen (secondary N) is 1. The second-order valence-corrected chi connectivity index (χ2v) is 9.80. The Bertz CT molecular complexity index is 799. The molecule has 0 saturated heterocycles. The molecule has 2 saturated carbocycles. The third-order valence-corrected chi connectivity index (χ3v) is 7.86. The molecule has 2 aliphatic carbocycles. The number of nitrogens with zero attached hydrogens (tertiary/aromatic N) is 1. The third kappa shape index (κ3) is 5.22. The first-order valence-corrected chi connectivity index (χ1v) is 11.9. The van der Waals surface area contributed by atoms with E-state index in [2.05, 4.69) is 5.32 Å². The van der Waals surface area contributed by atoms with Gasteiger partial charge in [-0.3, -0.25) is 4.79 Å². The van der Waals surface area contributed by atoms with Gasteiger partial charge in [-0.25, -0.2) is 8.42 Å². The van der Waals surface area contributed by atoms with E-state index in [1.165, 1.54) is 30.7 Å². The number of hydrogen-bond acceptors (Lipinski definition) is 5. The zero-order valence-corrected chi connectivity index (χ0v) is 18.2. The second-order valence-electron chi connectivity index (χ2n) is 7.91. The van der Waals surface area contributed by atoms with Gasteiger partial charge in [0.05, 0.1) is 25.7 Å². The van der Waals surface area contributed by atoms with E-state index in [4.69, 9.17) is 9.47 Å². The van der Waals surface area contributed by atoms with Gasteiger partial charge in [-0.15, -0.1) is 0 Å². The number of rotatable bonds is 8. The van der Waals surface area contributed by atoms with Gasteiger partial charge in [-0.2, -0.15) is 4.31 Å². The number of benzene rings is 1. The first-order chi connectivity index (χ1) is 14.0. The minimum atomic E-state index is -3.85. The molecule has 2 fully saturated rings. The van der Waals surface area contributed by atoms with E-state index in [1.54, 1.807) is 6.07 Å². The molecular weight excluding hydrogens is 392 g/mol.